The number of fused-ring (bicyclic) bond motifs is 3. The van der Waals surface area contributed by atoms with Gasteiger partial charge in [-0.1, -0.05) is 60.7 Å². The number of hydrogen-bond donors (Lipinski definition) is 3. The van der Waals surface area contributed by atoms with Crippen LogP contribution >= 0.6 is 11.8 Å². The molecular formula is C27H26N2O5S. The first kappa shape index (κ1) is 24.3. The van der Waals surface area contributed by atoms with Crippen molar-refractivity contribution >= 4 is 35.4 Å². The maximum atomic E-state index is 12.4. The summed E-state index contributed by atoms with van der Waals surface area (Å²) in [6, 6.07) is 22.2. The second kappa shape index (κ2) is 11.1. The molecule has 180 valence electrons. The lowest BCUT2D eigenvalue weighted by Gasteiger charge is -2.17. The van der Waals surface area contributed by atoms with Crippen LogP contribution < -0.4 is 10.6 Å². The standard InChI is InChI=1S/C27H26N2O5S/c1-17-7-6-8-18(13-17)28-25(30)16-35-15-24(26(31)32)29-27(33)34-14-23-21-11-4-2-9-19(21)20-10-3-5-12-22(20)23/h2-13,23-24H,14-16H2,1H3,(H,28,30)(H,29,33)(H,31,32). The SMILES string of the molecule is Cc1cccc(NC(=O)CSCC(NC(=O)OCC2c3ccccc3-c3ccccc32)C(=O)O)c1. The zero-order valence-corrected chi connectivity index (χ0v) is 20.0. The molecule has 0 saturated carbocycles. The van der Waals surface area contributed by atoms with Gasteiger partial charge in [-0.2, -0.15) is 0 Å². The molecule has 3 aromatic rings. The average molecular weight is 491 g/mol. The van der Waals surface area contributed by atoms with Crippen molar-refractivity contribution in [2.75, 3.05) is 23.4 Å². The smallest absolute Gasteiger partial charge is 0.407 e. The van der Waals surface area contributed by atoms with E-state index in [-0.39, 0.29) is 29.9 Å². The van der Waals surface area contributed by atoms with E-state index in [0.717, 1.165) is 39.6 Å². The number of rotatable bonds is 9. The molecule has 0 aliphatic heterocycles. The molecule has 0 aromatic heterocycles. The molecule has 3 aromatic carbocycles. The van der Waals surface area contributed by atoms with Gasteiger partial charge in [0.05, 0.1) is 5.75 Å². The van der Waals surface area contributed by atoms with E-state index >= 15 is 0 Å². The summed E-state index contributed by atoms with van der Waals surface area (Å²) in [5.41, 5.74) is 6.08. The molecular weight excluding hydrogens is 464 g/mol. The van der Waals surface area contributed by atoms with Crippen LogP contribution in [0.4, 0.5) is 10.5 Å². The van der Waals surface area contributed by atoms with Gasteiger partial charge in [0, 0.05) is 17.4 Å². The number of hydrogen-bond acceptors (Lipinski definition) is 5. The minimum absolute atomic E-state index is 0.0285. The number of carbonyl (C=O) groups is 3. The van der Waals surface area contributed by atoms with Crippen molar-refractivity contribution in [1.29, 1.82) is 0 Å². The number of ether oxygens (including phenoxy) is 1. The molecule has 8 heteroatoms. The minimum atomic E-state index is -1.19. The van der Waals surface area contributed by atoms with Crippen molar-refractivity contribution in [3.05, 3.63) is 89.5 Å². The molecule has 1 aliphatic carbocycles. The topological polar surface area (TPSA) is 105 Å². The van der Waals surface area contributed by atoms with Crippen LogP contribution in [-0.4, -0.2) is 47.2 Å². The maximum Gasteiger partial charge on any atom is 0.407 e. The van der Waals surface area contributed by atoms with Crippen LogP contribution in [0.1, 0.15) is 22.6 Å². The zero-order chi connectivity index (χ0) is 24.8. The number of benzene rings is 3. The highest BCUT2D eigenvalue weighted by Crippen LogP contribution is 2.44. The maximum absolute atomic E-state index is 12.4. The molecule has 3 N–H and O–H groups in total. The Morgan fingerprint density at radius 2 is 1.63 bits per heavy atom. The molecule has 7 nitrogen and oxygen atoms in total. The first-order valence-electron chi connectivity index (χ1n) is 11.2. The largest absolute Gasteiger partial charge is 0.480 e. The van der Waals surface area contributed by atoms with Crippen molar-refractivity contribution in [3.63, 3.8) is 0 Å². The minimum Gasteiger partial charge on any atom is -0.480 e. The fourth-order valence-corrected chi connectivity index (χ4v) is 4.98. The number of thioether (sulfide) groups is 1. The lowest BCUT2D eigenvalue weighted by Crippen LogP contribution is -2.43. The van der Waals surface area contributed by atoms with Crippen LogP contribution in [0.3, 0.4) is 0 Å². The van der Waals surface area contributed by atoms with Gasteiger partial charge in [0.1, 0.15) is 12.6 Å². The molecule has 4 rings (SSSR count). The highest BCUT2D eigenvalue weighted by molar-refractivity contribution is 8.00. The van der Waals surface area contributed by atoms with Crippen molar-refractivity contribution in [2.24, 2.45) is 0 Å². The second-order valence-electron chi connectivity index (χ2n) is 8.29. The molecule has 1 atom stereocenters. The van der Waals surface area contributed by atoms with Gasteiger partial charge in [-0.25, -0.2) is 9.59 Å². The number of alkyl carbamates (subject to hydrolysis) is 1. The molecule has 35 heavy (non-hydrogen) atoms. The van der Waals surface area contributed by atoms with E-state index in [0.29, 0.717) is 5.69 Å². The molecule has 2 amide bonds. The zero-order valence-electron chi connectivity index (χ0n) is 19.2. The van der Waals surface area contributed by atoms with Crippen molar-refractivity contribution in [1.82, 2.24) is 5.32 Å². The molecule has 0 radical (unpaired) electrons. The first-order chi connectivity index (χ1) is 16.9. The third kappa shape index (κ3) is 6.02. The van der Waals surface area contributed by atoms with E-state index in [1.165, 1.54) is 0 Å². The van der Waals surface area contributed by atoms with Gasteiger partial charge >= 0.3 is 12.1 Å². The monoisotopic (exact) mass is 490 g/mol. The fourth-order valence-electron chi connectivity index (χ4n) is 4.15. The number of carbonyl (C=O) groups excluding carboxylic acids is 2. The molecule has 0 heterocycles. The van der Waals surface area contributed by atoms with Gasteiger partial charge in [-0.3, -0.25) is 4.79 Å². The predicted octanol–water partition coefficient (Wildman–Crippen LogP) is 4.66. The summed E-state index contributed by atoms with van der Waals surface area (Å²) in [4.78, 5) is 36.2. The lowest BCUT2D eigenvalue weighted by atomic mass is 9.98. The highest BCUT2D eigenvalue weighted by atomic mass is 32.2. The first-order valence-corrected chi connectivity index (χ1v) is 12.4. The summed E-state index contributed by atoms with van der Waals surface area (Å²) in [5.74, 6) is -1.46. The lowest BCUT2D eigenvalue weighted by molar-refractivity contribution is -0.138. The van der Waals surface area contributed by atoms with E-state index < -0.39 is 18.1 Å². The van der Waals surface area contributed by atoms with Crippen LogP contribution in [0.25, 0.3) is 11.1 Å². The van der Waals surface area contributed by atoms with Crippen LogP contribution in [0.15, 0.2) is 72.8 Å². The number of carboxylic acid groups (broad SMARTS) is 1. The third-order valence-corrected chi connectivity index (χ3v) is 6.79. The molecule has 0 fully saturated rings. The van der Waals surface area contributed by atoms with E-state index in [2.05, 4.69) is 10.6 Å². The highest BCUT2D eigenvalue weighted by Gasteiger charge is 2.29. The number of aliphatic carboxylic acids is 1. The summed E-state index contributed by atoms with van der Waals surface area (Å²) in [6.07, 6.45) is -0.802. The van der Waals surface area contributed by atoms with E-state index in [1.807, 2.05) is 73.7 Å². The van der Waals surface area contributed by atoms with Crippen LogP contribution in [0.5, 0.6) is 0 Å². The van der Waals surface area contributed by atoms with Gasteiger partial charge in [-0.05, 0) is 46.9 Å². The normalized spacial score (nSPS) is 12.8. The Morgan fingerprint density at radius 1 is 0.971 bits per heavy atom. The summed E-state index contributed by atoms with van der Waals surface area (Å²) >= 11 is 1.12. The van der Waals surface area contributed by atoms with Gasteiger partial charge in [-0.15, -0.1) is 11.8 Å². The van der Waals surface area contributed by atoms with Crippen molar-refractivity contribution < 1.29 is 24.2 Å². The Kier molecular flexibility index (Phi) is 7.72. The molecule has 0 spiro atoms. The summed E-state index contributed by atoms with van der Waals surface area (Å²) in [5, 5.41) is 14.7. The summed E-state index contributed by atoms with van der Waals surface area (Å²) in [7, 11) is 0. The molecule has 1 aliphatic rings. The summed E-state index contributed by atoms with van der Waals surface area (Å²) in [6.45, 7) is 2.02. The van der Waals surface area contributed by atoms with Crippen molar-refractivity contribution in [2.45, 2.75) is 18.9 Å². The molecule has 0 saturated heterocycles. The van der Waals surface area contributed by atoms with Crippen LogP contribution in [0, 0.1) is 6.92 Å². The van der Waals surface area contributed by atoms with Gasteiger partial charge in [0.15, 0.2) is 0 Å². The molecule has 0 bridgehead atoms. The Bertz CT molecular complexity index is 1200. The van der Waals surface area contributed by atoms with Crippen LogP contribution in [0.2, 0.25) is 0 Å². The quantitative estimate of drug-likeness (QED) is 0.403. The number of anilines is 1. The van der Waals surface area contributed by atoms with E-state index in [9.17, 15) is 19.5 Å². The van der Waals surface area contributed by atoms with Crippen molar-refractivity contribution in [3.8, 4) is 11.1 Å². The van der Waals surface area contributed by atoms with Crippen LogP contribution in [-0.2, 0) is 14.3 Å². The van der Waals surface area contributed by atoms with Gasteiger partial charge in [0.2, 0.25) is 5.91 Å². The van der Waals surface area contributed by atoms with E-state index in [4.69, 9.17) is 4.74 Å². The number of carboxylic acids is 1. The Labute approximate surface area is 207 Å². The summed E-state index contributed by atoms with van der Waals surface area (Å²) < 4.78 is 5.44. The number of amides is 2. The Hall–Kier alpha value is -3.78. The number of aryl methyl sites for hydroxylation is 1. The fraction of sp³-hybridized carbons (Fsp3) is 0.222. The second-order valence-corrected chi connectivity index (χ2v) is 9.32. The van der Waals surface area contributed by atoms with E-state index in [1.54, 1.807) is 6.07 Å². The molecule has 1 unspecified atom stereocenters. The predicted molar refractivity (Wildman–Crippen MR) is 137 cm³/mol. The Morgan fingerprint density at radius 3 is 2.26 bits per heavy atom. The average Bonchev–Trinajstić information content (AvgIpc) is 3.16. The van der Waals surface area contributed by atoms with Gasteiger partial charge in [0.25, 0.3) is 0 Å². The number of nitrogens with one attached hydrogen (secondary N) is 2. The van der Waals surface area contributed by atoms with Gasteiger partial charge < -0.3 is 20.5 Å². The third-order valence-electron chi connectivity index (χ3n) is 5.75. The Balaban J connectivity index is 1.28.